The number of aliphatic hydroxyl groups excluding tert-OH is 1. The van der Waals surface area contributed by atoms with Crippen LogP contribution in [0.1, 0.15) is 17.4 Å². The quantitative estimate of drug-likeness (QED) is 0.924. The number of alkyl halides is 3. The Labute approximate surface area is 117 Å². The summed E-state index contributed by atoms with van der Waals surface area (Å²) in [4.78, 5) is 0. The first-order chi connectivity index (χ1) is 9.33. The van der Waals surface area contributed by atoms with E-state index >= 15 is 0 Å². The van der Waals surface area contributed by atoms with Crippen molar-refractivity contribution in [3.63, 3.8) is 0 Å². The fourth-order valence-electron chi connectivity index (χ4n) is 1.66. The highest BCUT2D eigenvalue weighted by atomic mass is 35.5. The van der Waals surface area contributed by atoms with E-state index in [0.717, 1.165) is 0 Å². The van der Waals surface area contributed by atoms with E-state index in [9.17, 15) is 18.3 Å². The van der Waals surface area contributed by atoms with Crippen molar-refractivity contribution in [3.05, 3.63) is 52.9 Å². The highest BCUT2D eigenvalue weighted by molar-refractivity contribution is 6.28. The highest BCUT2D eigenvalue weighted by Gasteiger charge is 2.30. The molecule has 1 aromatic carbocycles. The van der Waals surface area contributed by atoms with Gasteiger partial charge in [-0.3, -0.25) is 0 Å². The molecule has 0 fully saturated rings. The van der Waals surface area contributed by atoms with E-state index in [2.05, 4.69) is 4.74 Å². The van der Waals surface area contributed by atoms with Crippen molar-refractivity contribution in [1.82, 2.24) is 0 Å². The van der Waals surface area contributed by atoms with Gasteiger partial charge in [-0.15, -0.1) is 13.2 Å². The lowest BCUT2D eigenvalue weighted by molar-refractivity contribution is -0.274. The van der Waals surface area contributed by atoms with Gasteiger partial charge in [0.05, 0.1) is 0 Å². The van der Waals surface area contributed by atoms with E-state index in [-0.39, 0.29) is 17.4 Å². The largest absolute Gasteiger partial charge is 0.573 e. The first-order valence-corrected chi connectivity index (χ1v) is 5.99. The Bertz CT molecular complexity index is 563. The monoisotopic (exact) mass is 306 g/mol. The van der Waals surface area contributed by atoms with Gasteiger partial charge in [0.15, 0.2) is 5.22 Å². The average Bonchev–Trinajstić information content (AvgIpc) is 2.77. The first-order valence-electron chi connectivity index (χ1n) is 5.61. The van der Waals surface area contributed by atoms with Crippen molar-refractivity contribution in [3.8, 4) is 5.75 Å². The molecule has 3 nitrogen and oxygen atoms in total. The summed E-state index contributed by atoms with van der Waals surface area (Å²) in [6.07, 6.45) is -5.45. The minimum absolute atomic E-state index is 0.160. The molecule has 0 spiro atoms. The molecule has 0 aliphatic rings. The number of rotatable bonds is 4. The van der Waals surface area contributed by atoms with Crippen LogP contribution in [-0.2, 0) is 6.42 Å². The van der Waals surface area contributed by atoms with Crippen LogP contribution in [0.2, 0.25) is 5.22 Å². The van der Waals surface area contributed by atoms with Gasteiger partial charge in [0.1, 0.15) is 17.6 Å². The number of hydrogen-bond acceptors (Lipinski definition) is 3. The van der Waals surface area contributed by atoms with Crippen LogP contribution in [-0.4, -0.2) is 11.5 Å². The van der Waals surface area contributed by atoms with Crippen LogP contribution in [0.15, 0.2) is 40.8 Å². The zero-order chi connectivity index (χ0) is 14.8. The molecule has 0 aliphatic heterocycles. The zero-order valence-corrected chi connectivity index (χ0v) is 10.8. The molecule has 7 heteroatoms. The molecule has 1 N–H and O–H groups in total. The van der Waals surface area contributed by atoms with Gasteiger partial charge in [0.2, 0.25) is 0 Å². The van der Waals surface area contributed by atoms with Gasteiger partial charge in [0, 0.05) is 6.42 Å². The Hall–Kier alpha value is -1.66. The summed E-state index contributed by atoms with van der Waals surface area (Å²) < 4.78 is 44.8. The summed E-state index contributed by atoms with van der Waals surface area (Å²) in [5.41, 5.74) is 0.638. The van der Waals surface area contributed by atoms with E-state index in [1.165, 1.54) is 36.4 Å². The van der Waals surface area contributed by atoms with E-state index in [4.69, 9.17) is 16.0 Å². The topological polar surface area (TPSA) is 42.6 Å². The van der Waals surface area contributed by atoms with E-state index in [0.29, 0.717) is 11.3 Å². The third-order valence-corrected chi connectivity index (χ3v) is 2.71. The molecule has 0 bridgehead atoms. The second-order valence-electron chi connectivity index (χ2n) is 4.05. The third-order valence-electron chi connectivity index (χ3n) is 2.51. The SMILES string of the molecule is OC(Cc1ccc(OC(F)(F)F)cc1)c1ccc(Cl)o1. The summed E-state index contributed by atoms with van der Waals surface area (Å²) in [7, 11) is 0. The summed E-state index contributed by atoms with van der Waals surface area (Å²) in [6, 6.07) is 8.29. The van der Waals surface area contributed by atoms with Gasteiger partial charge in [-0.2, -0.15) is 0 Å². The maximum Gasteiger partial charge on any atom is 0.573 e. The zero-order valence-electron chi connectivity index (χ0n) is 10.0. The van der Waals surface area contributed by atoms with Crippen LogP contribution in [0.3, 0.4) is 0 Å². The van der Waals surface area contributed by atoms with Crippen molar-refractivity contribution in [2.45, 2.75) is 18.9 Å². The number of furan rings is 1. The van der Waals surface area contributed by atoms with Crippen LogP contribution < -0.4 is 4.74 Å². The van der Waals surface area contributed by atoms with Crippen LogP contribution in [0.25, 0.3) is 0 Å². The smallest absolute Gasteiger partial charge is 0.447 e. The third kappa shape index (κ3) is 4.18. The lowest BCUT2D eigenvalue weighted by Crippen LogP contribution is -2.17. The van der Waals surface area contributed by atoms with Crippen LogP contribution in [0.4, 0.5) is 13.2 Å². The molecule has 108 valence electrons. The number of benzene rings is 1. The number of ether oxygens (including phenoxy) is 1. The molecule has 1 heterocycles. The van der Waals surface area contributed by atoms with Gasteiger partial charge in [-0.25, -0.2) is 0 Å². The predicted octanol–water partition coefficient (Wildman–Crippen LogP) is 4.11. The lowest BCUT2D eigenvalue weighted by Gasteiger charge is -2.10. The highest BCUT2D eigenvalue weighted by Crippen LogP contribution is 2.26. The normalized spacial score (nSPS) is 13.2. The molecule has 0 saturated heterocycles. The number of halogens is 4. The van der Waals surface area contributed by atoms with E-state index in [1.807, 2.05) is 0 Å². The van der Waals surface area contributed by atoms with E-state index in [1.54, 1.807) is 0 Å². The fraction of sp³-hybridized carbons (Fsp3) is 0.231. The summed E-state index contributed by atoms with van der Waals surface area (Å²) in [6.45, 7) is 0. The van der Waals surface area contributed by atoms with Crippen molar-refractivity contribution in [2.24, 2.45) is 0 Å². The Morgan fingerprint density at radius 3 is 2.30 bits per heavy atom. The van der Waals surface area contributed by atoms with Gasteiger partial charge < -0.3 is 14.3 Å². The molecule has 0 saturated carbocycles. The van der Waals surface area contributed by atoms with Crippen molar-refractivity contribution >= 4 is 11.6 Å². The van der Waals surface area contributed by atoms with E-state index < -0.39 is 12.5 Å². The van der Waals surface area contributed by atoms with Crippen molar-refractivity contribution in [1.29, 1.82) is 0 Å². The van der Waals surface area contributed by atoms with Gasteiger partial charge >= 0.3 is 6.36 Å². The minimum atomic E-state index is -4.72. The van der Waals surface area contributed by atoms with Crippen LogP contribution in [0, 0.1) is 0 Å². The Morgan fingerprint density at radius 2 is 1.80 bits per heavy atom. The molecular weight excluding hydrogens is 297 g/mol. The molecular formula is C13H10ClF3O3. The Balaban J connectivity index is 2.00. The fourth-order valence-corrected chi connectivity index (χ4v) is 1.81. The van der Waals surface area contributed by atoms with Crippen molar-refractivity contribution in [2.75, 3.05) is 0 Å². The summed E-state index contributed by atoms with van der Waals surface area (Å²) in [5, 5.41) is 10.0. The maximum absolute atomic E-state index is 12.0. The van der Waals surface area contributed by atoms with Gasteiger partial charge in [0.25, 0.3) is 0 Å². The molecule has 2 aromatic rings. The Kier molecular flexibility index (Phi) is 4.25. The molecule has 1 aromatic heterocycles. The molecule has 1 atom stereocenters. The molecule has 1 unspecified atom stereocenters. The minimum Gasteiger partial charge on any atom is -0.447 e. The summed E-state index contributed by atoms with van der Waals surface area (Å²) >= 11 is 5.59. The standard InChI is InChI=1S/C13H10ClF3O3/c14-12-6-5-11(19-12)10(18)7-8-1-3-9(4-2-8)20-13(15,16)17/h1-6,10,18H,7H2. The van der Waals surface area contributed by atoms with Crippen LogP contribution in [0.5, 0.6) is 5.75 Å². The molecule has 0 amide bonds. The van der Waals surface area contributed by atoms with Gasteiger partial charge in [-0.1, -0.05) is 12.1 Å². The first kappa shape index (κ1) is 14.7. The van der Waals surface area contributed by atoms with Gasteiger partial charge in [-0.05, 0) is 41.4 Å². The predicted molar refractivity (Wildman–Crippen MR) is 65.5 cm³/mol. The molecule has 0 radical (unpaired) electrons. The van der Waals surface area contributed by atoms with Crippen molar-refractivity contribution < 1.29 is 27.4 Å². The molecule has 0 aliphatic carbocycles. The maximum atomic E-state index is 12.0. The number of aliphatic hydroxyl groups is 1. The van der Waals surface area contributed by atoms with Crippen LogP contribution >= 0.6 is 11.6 Å². The average molecular weight is 307 g/mol. The Morgan fingerprint density at radius 1 is 1.15 bits per heavy atom. The summed E-state index contributed by atoms with van der Waals surface area (Å²) in [5.74, 6) is -0.0117. The molecule has 2 rings (SSSR count). The molecule has 20 heavy (non-hydrogen) atoms. The second-order valence-corrected chi connectivity index (χ2v) is 4.43. The lowest BCUT2D eigenvalue weighted by atomic mass is 10.1. The number of hydrogen-bond donors (Lipinski definition) is 1. The second kappa shape index (κ2) is 5.76.